The highest BCUT2D eigenvalue weighted by atomic mass is 79.9. The van der Waals surface area contributed by atoms with Gasteiger partial charge in [0.15, 0.2) is 0 Å². The number of aromatic nitrogens is 1. The molecule has 102 valence electrons. The van der Waals surface area contributed by atoms with Crippen LogP contribution in [0.5, 0.6) is 0 Å². The summed E-state index contributed by atoms with van der Waals surface area (Å²) in [7, 11) is 0. The summed E-state index contributed by atoms with van der Waals surface area (Å²) in [6, 6.07) is 9.61. The van der Waals surface area contributed by atoms with Gasteiger partial charge in [0.1, 0.15) is 5.82 Å². The van der Waals surface area contributed by atoms with Crippen molar-refractivity contribution in [1.82, 2.24) is 4.98 Å². The van der Waals surface area contributed by atoms with Crippen LogP contribution in [0.25, 0.3) is 0 Å². The summed E-state index contributed by atoms with van der Waals surface area (Å²) >= 11 is 3.37. The number of nitrogens with zero attached hydrogens (tertiary/aromatic N) is 1. The van der Waals surface area contributed by atoms with E-state index in [-0.39, 0.29) is 5.91 Å². The first-order chi connectivity index (χ1) is 9.72. The van der Waals surface area contributed by atoms with Crippen molar-refractivity contribution >= 4 is 27.7 Å². The molecule has 0 saturated carbocycles. The number of amides is 1. The number of nitrogens with one attached hydrogen (secondary N) is 1. The number of hydrogen-bond acceptors (Lipinski definition) is 2. The predicted octanol–water partition coefficient (Wildman–Crippen LogP) is 3.98. The molecular formula is C16H15BrN2O. The molecule has 20 heavy (non-hydrogen) atoms. The van der Waals surface area contributed by atoms with Crippen molar-refractivity contribution in [1.29, 1.82) is 0 Å². The maximum absolute atomic E-state index is 12.2. The molecule has 0 radical (unpaired) electrons. The normalized spacial score (nSPS) is 13.7. The van der Waals surface area contributed by atoms with Crippen LogP contribution in [0, 0.1) is 0 Å². The minimum atomic E-state index is -0.107. The van der Waals surface area contributed by atoms with Gasteiger partial charge in [-0.15, -0.1) is 0 Å². The summed E-state index contributed by atoms with van der Waals surface area (Å²) in [5.74, 6) is 0.450. The van der Waals surface area contributed by atoms with E-state index in [0.717, 1.165) is 17.3 Å². The molecule has 0 spiro atoms. The average Bonchev–Trinajstić information content (AvgIpc) is 2.47. The van der Waals surface area contributed by atoms with Crippen molar-refractivity contribution in [3.05, 3.63) is 57.7 Å². The Kier molecular flexibility index (Phi) is 3.83. The van der Waals surface area contributed by atoms with E-state index in [1.165, 1.54) is 24.0 Å². The first-order valence-electron chi connectivity index (χ1n) is 6.77. The molecule has 1 aromatic carbocycles. The Hall–Kier alpha value is -1.68. The number of rotatable bonds is 2. The van der Waals surface area contributed by atoms with Gasteiger partial charge in [-0.05, 0) is 61.1 Å². The third-order valence-electron chi connectivity index (χ3n) is 3.57. The first-order valence-corrected chi connectivity index (χ1v) is 7.56. The van der Waals surface area contributed by atoms with Gasteiger partial charge in [-0.2, -0.15) is 0 Å². The molecule has 1 aromatic heterocycles. The lowest BCUT2D eigenvalue weighted by molar-refractivity contribution is 0.102. The fourth-order valence-corrected chi connectivity index (χ4v) is 2.87. The largest absolute Gasteiger partial charge is 0.307 e. The lowest BCUT2D eigenvalue weighted by atomic mass is 9.90. The SMILES string of the molecule is O=C(Nc1cc(Br)ccn1)c1ccc2c(c1)CCCC2. The Morgan fingerprint density at radius 3 is 2.70 bits per heavy atom. The molecule has 0 aliphatic heterocycles. The fraction of sp³-hybridized carbons (Fsp3) is 0.250. The quantitative estimate of drug-likeness (QED) is 0.905. The van der Waals surface area contributed by atoms with Crippen molar-refractivity contribution in [3.8, 4) is 0 Å². The van der Waals surface area contributed by atoms with Crippen LogP contribution in [-0.4, -0.2) is 10.9 Å². The van der Waals surface area contributed by atoms with Crippen molar-refractivity contribution < 1.29 is 4.79 Å². The van der Waals surface area contributed by atoms with Gasteiger partial charge >= 0.3 is 0 Å². The molecule has 1 N–H and O–H groups in total. The van der Waals surface area contributed by atoms with E-state index < -0.39 is 0 Å². The van der Waals surface area contributed by atoms with Crippen LogP contribution >= 0.6 is 15.9 Å². The Morgan fingerprint density at radius 1 is 1.10 bits per heavy atom. The van der Waals surface area contributed by atoms with E-state index in [1.807, 2.05) is 18.2 Å². The summed E-state index contributed by atoms with van der Waals surface area (Å²) in [6.07, 6.45) is 6.33. The lowest BCUT2D eigenvalue weighted by Gasteiger charge is -2.16. The molecule has 3 nitrogen and oxygen atoms in total. The van der Waals surface area contributed by atoms with E-state index in [2.05, 4.69) is 32.3 Å². The van der Waals surface area contributed by atoms with Gasteiger partial charge < -0.3 is 5.32 Å². The van der Waals surface area contributed by atoms with E-state index >= 15 is 0 Å². The monoisotopic (exact) mass is 330 g/mol. The van der Waals surface area contributed by atoms with Crippen LogP contribution in [0.2, 0.25) is 0 Å². The third-order valence-corrected chi connectivity index (χ3v) is 4.07. The van der Waals surface area contributed by atoms with Gasteiger partial charge in [0, 0.05) is 16.2 Å². The molecular weight excluding hydrogens is 316 g/mol. The first kappa shape index (κ1) is 13.3. The van der Waals surface area contributed by atoms with Crippen molar-refractivity contribution in [2.75, 3.05) is 5.32 Å². The van der Waals surface area contributed by atoms with Crippen LogP contribution in [-0.2, 0) is 12.8 Å². The van der Waals surface area contributed by atoms with Crippen molar-refractivity contribution in [2.24, 2.45) is 0 Å². The van der Waals surface area contributed by atoms with Gasteiger partial charge in [0.2, 0.25) is 0 Å². The molecule has 4 heteroatoms. The van der Waals surface area contributed by atoms with Crippen LogP contribution in [0.1, 0.15) is 34.3 Å². The topological polar surface area (TPSA) is 42.0 Å². The molecule has 0 unspecified atom stereocenters. The number of benzene rings is 1. The van der Waals surface area contributed by atoms with E-state index in [0.29, 0.717) is 11.4 Å². The number of hydrogen-bond donors (Lipinski definition) is 1. The fourth-order valence-electron chi connectivity index (χ4n) is 2.54. The Morgan fingerprint density at radius 2 is 1.90 bits per heavy atom. The second kappa shape index (κ2) is 5.75. The molecule has 2 aromatic rings. The number of carbonyl (C=O) groups is 1. The molecule has 0 fully saturated rings. The standard InChI is InChI=1S/C16H15BrN2O/c17-14-7-8-18-15(10-14)19-16(20)13-6-5-11-3-1-2-4-12(11)9-13/h5-10H,1-4H2,(H,18,19,20). The zero-order chi connectivity index (χ0) is 13.9. The Balaban J connectivity index is 1.80. The van der Waals surface area contributed by atoms with Crippen molar-refractivity contribution in [2.45, 2.75) is 25.7 Å². The molecule has 1 aliphatic carbocycles. The van der Waals surface area contributed by atoms with Gasteiger partial charge in [-0.1, -0.05) is 22.0 Å². The molecule has 3 rings (SSSR count). The number of fused-ring (bicyclic) bond motifs is 1. The van der Waals surface area contributed by atoms with Crippen LogP contribution < -0.4 is 5.32 Å². The van der Waals surface area contributed by atoms with Gasteiger partial charge in [-0.25, -0.2) is 4.98 Å². The second-order valence-corrected chi connectivity index (χ2v) is 5.92. The summed E-state index contributed by atoms with van der Waals surface area (Å²) in [5, 5.41) is 2.83. The third kappa shape index (κ3) is 2.90. The van der Waals surface area contributed by atoms with Crippen LogP contribution in [0.3, 0.4) is 0 Å². The predicted molar refractivity (Wildman–Crippen MR) is 83.0 cm³/mol. The van der Waals surface area contributed by atoms with E-state index in [9.17, 15) is 4.79 Å². The van der Waals surface area contributed by atoms with Crippen LogP contribution in [0.4, 0.5) is 5.82 Å². The second-order valence-electron chi connectivity index (χ2n) is 5.00. The molecule has 0 saturated heterocycles. The smallest absolute Gasteiger partial charge is 0.256 e. The van der Waals surface area contributed by atoms with Crippen molar-refractivity contribution in [3.63, 3.8) is 0 Å². The molecule has 1 aliphatic rings. The Labute approximate surface area is 126 Å². The summed E-state index contributed by atoms with van der Waals surface area (Å²) < 4.78 is 0.897. The number of pyridine rings is 1. The number of aryl methyl sites for hydroxylation is 2. The van der Waals surface area contributed by atoms with Gasteiger partial charge in [0.05, 0.1) is 0 Å². The van der Waals surface area contributed by atoms with E-state index in [1.54, 1.807) is 12.3 Å². The summed E-state index contributed by atoms with van der Waals surface area (Å²) in [5.41, 5.74) is 3.40. The minimum absolute atomic E-state index is 0.107. The van der Waals surface area contributed by atoms with Crippen LogP contribution in [0.15, 0.2) is 41.0 Å². The highest BCUT2D eigenvalue weighted by Gasteiger charge is 2.13. The summed E-state index contributed by atoms with van der Waals surface area (Å²) in [6.45, 7) is 0. The lowest BCUT2D eigenvalue weighted by Crippen LogP contribution is -2.14. The molecule has 1 amide bonds. The number of halogens is 1. The minimum Gasteiger partial charge on any atom is -0.307 e. The number of carbonyl (C=O) groups excluding carboxylic acids is 1. The highest BCUT2D eigenvalue weighted by molar-refractivity contribution is 9.10. The molecule has 1 heterocycles. The summed E-state index contributed by atoms with van der Waals surface area (Å²) in [4.78, 5) is 16.4. The number of anilines is 1. The maximum Gasteiger partial charge on any atom is 0.256 e. The molecule has 0 bridgehead atoms. The average molecular weight is 331 g/mol. The van der Waals surface area contributed by atoms with E-state index in [4.69, 9.17) is 0 Å². The maximum atomic E-state index is 12.2. The zero-order valence-electron chi connectivity index (χ0n) is 11.0. The Bertz CT molecular complexity index is 655. The highest BCUT2D eigenvalue weighted by Crippen LogP contribution is 2.22. The zero-order valence-corrected chi connectivity index (χ0v) is 12.6. The molecule has 0 atom stereocenters. The van der Waals surface area contributed by atoms with Gasteiger partial charge in [0.25, 0.3) is 5.91 Å². The van der Waals surface area contributed by atoms with Gasteiger partial charge in [-0.3, -0.25) is 4.79 Å².